The molecule has 1 aromatic rings. The van der Waals surface area contributed by atoms with Crippen LogP contribution in [0.5, 0.6) is 0 Å². The van der Waals surface area contributed by atoms with Crippen LogP contribution in [-0.4, -0.2) is 66.0 Å². The molecule has 1 aromatic carbocycles. The summed E-state index contributed by atoms with van der Waals surface area (Å²) in [6.07, 6.45) is 2.80. The fourth-order valence-electron chi connectivity index (χ4n) is 5.55. The van der Waals surface area contributed by atoms with Gasteiger partial charge in [-0.25, -0.2) is 4.39 Å². The van der Waals surface area contributed by atoms with Crippen molar-refractivity contribution in [2.24, 2.45) is 11.8 Å². The summed E-state index contributed by atoms with van der Waals surface area (Å²) in [5.41, 5.74) is 0.919. The summed E-state index contributed by atoms with van der Waals surface area (Å²) in [5, 5.41) is 3.00. The Kier molecular flexibility index (Phi) is 6.92. The molecule has 4 atom stereocenters. The normalized spacial score (nSPS) is 28.3. The lowest BCUT2D eigenvalue weighted by Crippen LogP contribution is -2.37. The highest BCUT2D eigenvalue weighted by Crippen LogP contribution is 2.42. The smallest absolute Gasteiger partial charge is 0.225 e. The molecule has 0 bridgehead atoms. The highest BCUT2D eigenvalue weighted by molar-refractivity contribution is 5.77. The first-order valence-electron chi connectivity index (χ1n) is 11.6. The number of fused-ring (bicyclic) bond motifs is 1. The van der Waals surface area contributed by atoms with E-state index in [0.717, 1.165) is 38.0 Å². The van der Waals surface area contributed by atoms with Gasteiger partial charge in [0.25, 0.3) is 0 Å². The average molecular weight is 432 g/mol. The van der Waals surface area contributed by atoms with Gasteiger partial charge in [0.05, 0.1) is 19.1 Å². The van der Waals surface area contributed by atoms with Crippen LogP contribution in [0.3, 0.4) is 0 Å². The number of rotatable bonds is 7. The minimum absolute atomic E-state index is 0.0443. The monoisotopic (exact) mass is 431 g/mol. The number of hydrogen-bond acceptors (Lipinski definition) is 4. The van der Waals surface area contributed by atoms with Crippen molar-refractivity contribution in [2.75, 3.05) is 26.2 Å². The second-order valence-corrected chi connectivity index (χ2v) is 9.55. The number of halogens is 1. The molecule has 0 aliphatic carbocycles. The zero-order valence-corrected chi connectivity index (χ0v) is 18.6. The molecule has 3 aliphatic heterocycles. The van der Waals surface area contributed by atoms with Gasteiger partial charge in [0.2, 0.25) is 11.8 Å². The molecule has 0 radical (unpaired) electrons. The van der Waals surface area contributed by atoms with Crippen molar-refractivity contribution in [3.05, 3.63) is 35.6 Å². The molecule has 0 saturated carbocycles. The Morgan fingerprint density at radius 2 is 2.00 bits per heavy atom. The van der Waals surface area contributed by atoms with Crippen molar-refractivity contribution in [1.82, 2.24) is 15.1 Å². The average Bonchev–Trinajstić information content (AvgIpc) is 3.42. The van der Waals surface area contributed by atoms with E-state index in [2.05, 4.69) is 10.2 Å². The van der Waals surface area contributed by atoms with Crippen molar-refractivity contribution in [3.8, 4) is 0 Å². The van der Waals surface area contributed by atoms with E-state index in [1.54, 1.807) is 12.1 Å². The van der Waals surface area contributed by atoms with Crippen molar-refractivity contribution in [2.45, 2.75) is 64.3 Å². The van der Waals surface area contributed by atoms with Gasteiger partial charge in [0.15, 0.2) is 0 Å². The van der Waals surface area contributed by atoms with E-state index < -0.39 is 0 Å². The molecule has 7 heteroatoms. The largest absolute Gasteiger partial charge is 0.376 e. The molecule has 0 unspecified atom stereocenters. The van der Waals surface area contributed by atoms with E-state index >= 15 is 0 Å². The van der Waals surface area contributed by atoms with Crippen molar-refractivity contribution >= 4 is 11.8 Å². The van der Waals surface area contributed by atoms with Crippen LogP contribution in [-0.2, 0) is 20.9 Å². The molecule has 3 aliphatic rings. The fourth-order valence-corrected chi connectivity index (χ4v) is 5.55. The number of carbonyl (C=O) groups excluding carboxylic acids is 2. The van der Waals surface area contributed by atoms with Crippen LogP contribution < -0.4 is 5.32 Å². The predicted molar refractivity (Wildman–Crippen MR) is 116 cm³/mol. The van der Waals surface area contributed by atoms with Gasteiger partial charge in [-0.3, -0.25) is 14.5 Å². The Bertz CT molecular complexity index is 796. The minimum atomic E-state index is -0.238. The Hall–Kier alpha value is -1.99. The molecule has 4 rings (SSSR count). The second-order valence-electron chi connectivity index (χ2n) is 9.55. The number of nitrogens with zero attached hydrogens (tertiary/aromatic N) is 2. The second kappa shape index (κ2) is 9.65. The van der Waals surface area contributed by atoms with Gasteiger partial charge in [-0.1, -0.05) is 12.1 Å². The standard InChI is InChI=1S/C24H34FN3O3/c1-16(2)26-22(29)11-18-14-28(13-17-6-5-7-19(25)10-17)20-15-31-21(24(18)20)12-23(30)27-8-3-4-9-27/h5-7,10,16,18,20-21,24H,3-4,8-9,11-15H2,1-2H3,(H,26,29)/t18-,20-,21+,24-/m1/s1. The van der Waals surface area contributed by atoms with Crippen LogP contribution in [0, 0.1) is 17.7 Å². The first kappa shape index (κ1) is 22.2. The molecule has 3 fully saturated rings. The van der Waals surface area contributed by atoms with Crippen LogP contribution in [0.4, 0.5) is 4.39 Å². The van der Waals surface area contributed by atoms with Crippen LogP contribution in [0.2, 0.25) is 0 Å². The third kappa shape index (κ3) is 5.26. The number of hydrogen-bond donors (Lipinski definition) is 1. The maximum Gasteiger partial charge on any atom is 0.225 e. The molecule has 0 aromatic heterocycles. The number of nitrogens with one attached hydrogen (secondary N) is 1. The van der Waals surface area contributed by atoms with E-state index in [4.69, 9.17) is 4.74 Å². The van der Waals surface area contributed by atoms with E-state index in [1.807, 2.05) is 24.8 Å². The lowest BCUT2D eigenvalue weighted by molar-refractivity contribution is -0.133. The Labute approximate surface area is 184 Å². The van der Waals surface area contributed by atoms with Gasteiger partial charge in [-0.2, -0.15) is 0 Å². The van der Waals surface area contributed by atoms with Crippen molar-refractivity contribution < 1.29 is 18.7 Å². The summed E-state index contributed by atoms with van der Waals surface area (Å²) >= 11 is 0. The summed E-state index contributed by atoms with van der Waals surface area (Å²) in [6.45, 7) is 7.54. The maximum atomic E-state index is 13.7. The molecule has 31 heavy (non-hydrogen) atoms. The quantitative estimate of drug-likeness (QED) is 0.721. The van der Waals surface area contributed by atoms with Crippen LogP contribution in [0.25, 0.3) is 0 Å². The summed E-state index contributed by atoms with van der Waals surface area (Å²) in [7, 11) is 0. The maximum absolute atomic E-state index is 13.7. The van der Waals surface area contributed by atoms with Crippen molar-refractivity contribution in [3.63, 3.8) is 0 Å². The van der Waals surface area contributed by atoms with Gasteiger partial charge in [0.1, 0.15) is 5.82 Å². The lowest BCUT2D eigenvalue weighted by atomic mass is 9.84. The summed E-state index contributed by atoms with van der Waals surface area (Å²) in [6, 6.07) is 6.93. The molecule has 6 nitrogen and oxygen atoms in total. The van der Waals surface area contributed by atoms with E-state index in [-0.39, 0.29) is 47.7 Å². The molecular formula is C24H34FN3O3. The molecule has 170 valence electrons. The fraction of sp³-hybridized carbons (Fsp3) is 0.667. The Morgan fingerprint density at radius 1 is 1.23 bits per heavy atom. The van der Waals surface area contributed by atoms with Gasteiger partial charge in [-0.05, 0) is 50.3 Å². The SMILES string of the molecule is CC(C)NC(=O)C[C@@H]1CN(Cc2cccc(F)c2)[C@@H]2CO[C@@H](CC(=O)N3CCCC3)[C@H]12. The van der Waals surface area contributed by atoms with Crippen LogP contribution in [0.15, 0.2) is 24.3 Å². The molecule has 1 N–H and O–H groups in total. The molecule has 3 saturated heterocycles. The van der Waals surface area contributed by atoms with Crippen LogP contribution in [0.1, 0.15) is 45.1 Å². The summed E-state index contributed by atoms with van der Waals surface area (Å²) < 4.78 is 19.8. The zero-order chi connectivity index (χ0) is 22.0. The Balaban J connectivity index is 1.48. The third-order valence-corrected chi connectivity index (χ3v) is 6.84. The topological polar surface area (TPSA) is 61.9 Å². The number of likely N-dealkylation sites (tertiary alicyclic amines) is 2. The van der Waals surface area contributed by atoms with Gasteiger partial charge in [-0.15, -0.1) is 0 Å². The van der Waals surface area contributed by atoms with Gasteiger partial charge < -0.3 is 15.0 Å². The number of carbonyl (C=O) groups is 2. The van der Waals surface area contributed by atoms with E-state index in [9.17, 15) is 14.0 Å². The predicted octanol–water partition coefficient (Wildman–Crippen LogP) is 2.57. The highest BCUT2D eigenvalue weighted by Gasteiger charge is 2.51. The molecule has 3 heterocycles. The molecular weight excluding hydrogens is 397 g/mol. The third-order valence-electron chi connectivity index (χ3n) is 6.84. The Morgan fingerprint density at radius 3 is 2.71 bits per heavy atom. The highest BCUT2D eigenvalue weighted by atomic mass is 19.1. The van der Waals surface area contributed by atoms with E-state index in [1.165, 1.54) is 6.07 Å². The number of ether oxygens (including phenoxy) is 1. The zero-order valence-electron chi connectivity index (χ0n) is 18.6. The first-order valence-corrected chi connectivity index (χ1v) is 11.6. The number of benzene rings is 1. The molecule has 0 spiro atoms. The summed E-state index contributed by atoms with van der Waals surface area (Å²) in [5.74, 6) is 0.229. The van der Waals surface area contributed by atoms with Crippen LogP contribution >= 0.6 is 0 Å². The lowest BCUT2D eigenvalue weighted by Gasteiger charge is -2.25. The van der Waals surface area contributed by atoms with Gasteiger partial charge in [0, 0.05) is 50.6 Å². The minimum Gasteiger partial charge on any atom is -0.376 e. The van der Waals surface area contributed by atoms with E-state index in [0.29, 0.717) is 26.0 Å². The van der Waals surface area contributed by atoms with Gasteiger partial charge >= 0.3 is 0 Å². The first-order chi connectivity index (χ1) is 14.9. The van der Waals surface area contributed by atoms with Crippen molar-refractivity contribution in [1.29, 1.82) is 0 Å². The number of amides is 2. The molecule has 2 amide bonds. The summed E-state index contributed by atoms with van der Waals surface area (Å²) in [4.78, 5) is 29.6.